The second-order valence-corrected chi connectivity index (χ2v) is 7.43. The molecule has 2 atom stereocenters. The Bertz CT molecular complexity index is 872. The number of methoxy groups -OCH3 is 3. The molecule has 0 saturated carbocycles. The molecule has 0 radical (unpaired) electrons. The topological polar surface area (TPSA) is 68.2 Å². The normalized spacial score (nSPS) is 27.0. The van der Waals surface area contributed by atoms with Crippen LogP contribution in [0.25, 0.3) is 0 Å². The summed E-state index contributed by atoms with van der Waals surface area (Å²) in [5.41, 5.74) is 2.53. The van der Waals surface area contributed by atoms with E-state index in [9.17, 15) is 9.90 Å². The first-order valence-electron chi connectivity index (χ1n) is 9.17. The van der Waals surface area contributed by atoms with E-state index in [4.69, 9.17) is 14.2 Å². The Hall–Kier alpha value is -2.47. The molecule has 3 aliphatic rings. The number of allylic oxidation sites excluding steroid dienone is 2. The number of rotatable bonds is 3. The van der Waals surface area contributed by atoms with Gasteiger partial charge >= 0.3 is 0 Å². The Balaban J connectivity index is 2.07. The van der Waals surface area contributed by atoms with Crippen molar-refractivity contribution in [3.8, 4) is 17.2 Å². The van der Waals surface area contributed by atoms with Crippen molar-refractivity contribution < 1.29 is 24.1 Å². The van der Waals surface area contributed by atoms with E-state index in [1.54, 1.807) is 13.2 Å². The molecule has 1 aromatic rings. The summed E-state index contributed by atoms with van der Waals surface area (Å²) in [6.07, 6.45) is 6.14. The number of fused-ring (bicyclic) bond motifs is 1. The number of benzene rings is 1. The molecular weight excluding hydrogens is 346 g/mol. The molecule has 6 nitrogen and oxygen atoms in total. The van der Waals surface area contributed by atoms with Crippen LogP contribution in [0.2, 0.25) is 0 Å². The summed E-state index contributed by atoms with van der Waals surface area (Å²) >= 11 is 0. The molecule has 1 fully saturated rings. The van der Waals surface area contributed by atoms with Crippen LogP contribution in [0.4, 0.5) is 0 Å². The van der Waals surface area contributed by atoms with Gasteiger partial charge in [0.05, 0.1) is 21.3 Å². The number of likely N-dealkylation sites (tertiary alicyclic amines) is 1. The molecule has 6 heteroatoms. The zero-order valence-electron chi connectivity index (χ0n) is 16.2. The monoisotopic (exact) mass is 371 g/mol. The Morgan fingerprint density at radius 2 is 2.00 bits per heavy atom. The molecule has 0 aromatic heterocycles. The number of carbonyl (C=O) groups excluding carboxylic acids is 1. The third-order valence-corrected chi connectivity index (χ3v) is 6.25. The lowest BCUT2D eigenvalue weighted by molar-refractivity contribution is -0.114. The number of nitrogens with zero attached hydrogens (tertiary/aromatic N) is 1. The summed E-state index contributed by atoms with van der Waals surface area (Å²) in [5, 5.41) is 10.7. The first-order chi connectivity index (χ1) is 13.0. The summed E-state index contributed by atoms with van der Waals surface area (Å²) in [7, 11) is 6.71. The van der Waals surface area contributed by atoms with Crippen molar-refractivity contribution in [1.29, 1.82) is 0 Å². The van der Waals surface area contributed by atoms with Crippen molar-refractivity contribution >= 4 is 5.78 Å². The van der Waals surface area contributed by atoms with Crippen LogP contribution in [0.3, 0.4) is 0 Å². The molecule has 1 N–H and O–H groups in total. The number of phenolic OH excluding ortho intramolecular Hbond substituents is 1. The molecule has 1 aromatic carbocycles. The average Bonchev–Trinajstić information content (AvgIpc) is 2.76. The highest BCUT2D eigenvalue weighted by Crippen LogP contribution is 2.56. The molecule has 2 aliphatic carbocycles. The van der Waals surface area contributed by atoms with E-state index in [0.29, 0.717) is 17.3 Å². The van der Waals surface area contributed by atoms with Gasteiger partial charge in [0.2, 0.25) is 11.5 Å². The Labute approximate surface area is 159 Å². The fraction of sp³-hybridized carbons (Fsp3) is 0.476. The maximum absolute atomic E-state index is 12.6. The summed E-state index contributed by atoms with van der Waals surface area (Å²) in [5.74, 6) is 1.05. The van der Waals surface area contributed by atoms with E-state index in [1.807, 2.05) is 12.1 Å². The van der Waals surface area contributed by atoms with Crippen molar-refractivity contribution in [1.82, 2.24) is 4.90 Å². The average molecular weight is 371 g/mol. The predicted octanol–water partition coefficient (Wildman–Crippen LogP) is 2.34. The van der Waals surface area contributed by atoms with Crippen molar-refractivity contribution in [2.45, 2.75) is 30.7 Å². The summed E-state index contributed by atoms with van der Waals surface area (Å²) in [4.78, 5) is 14.9. The Morgan fingerprint density at radius 3 is 2.67 bits per heavy atom. The number of ketones is 1. The molecule has 4 rings (SSSR count). The van der Waals surface area contributed by atoms with Gasteiger partial charge in [-0.1, -0.05) is 0 Å². The number of aromatic hydroxyl groups is 1. The maximum atomic E-state index is 12.6. The minimum Gasteiger partial charge on any atom is -0.502 e. The van der Waals surface area contributed by atoms with E-state index in [-0.39, 0.29) is 17.6 Å². The van der Waals surface area contributed by atoms with Gasteiger partial charge in [-0.3, -0.25) is 9.69 Å². The summed E-state index contributed by atoms with van der Waals surface area (Å²) in [6, 6.07) is 2.05. The number of hydrogen-bond donors (Lipinski definition) is 1. The molecule has 0 spiro atoms. The molecule has 1 aliphatic heterocycles. The molecule has 144 valence electrons. The number of likely N-dealkylation sites (N-methyl/N-ethyl adjacent to an activating group) is 1. The number of phenols is 1. The van der Waals surface area contributed by atoms with Crippen LogP contribution < -0.4 is 9.47 Å². The highest BCUT2D eigenvalue weighted by molar-refractivity contribution is 6.05. The minimum atomic E-state index is -0.530. The van der Waals surface area contributed by atoms with E-state index < -0.39 is 5.41 Å². The zero-order valence-corrected chi connectivity index (χ0v) is 16.2. The smallest absolute Gasteiger partial charge is 0.220 e. The number of ether oxygens (including phenoxy) is 3. The Morgan fingerprint density at radius 1 is 1.22 bits per heavy atom. The highest BCUT2D eigenvalue weighted by atomic mass is 16.5. The second kappa shape index (κ2) is 6.30. The Kier molecular flexibility index (Phi) is 4.18. The largest absolute Gasteiger partial charge is 0.502 e. The van der Waals surface area contributed by atoms with Crippen LogP contribution >= 0.6 is 0 Å². The van der Waals surface area contributed by atoms with Crippen LogP contribution in [0.15, 0.2) is 29.6 Å². The van der Waals surface area contributed by atoms with Gasteiger partial charge in [-0.25, -0.2) is 0 Å². The molecule has 0 unspecified atom stereocenters. The standard InChI is InChI=1S/C21H25NO5/c1-22-8-7-21-11-17(26-3)15(23)10-13(21)14(22)6-5-12-9-16(25-2)19(24)20(27-4)18(12)21/h9-11,14,24H,5-8H2,1-4H3/t14-,21+/m1/s1. The quantitative estimate of drug-likeness (QED) is 0.880. The number of aryl methyl sites for hydroxylation is 1. The van der Waals surface area contributed by atoms with E-state index in [0.717, 1.165) is 42.5 Å². The van der Waals surface area contributed by atoms with Gasteiger partial charge in [0.25, 0.3) is 0 Å². The first-order valence-corrected chi connectivity index (χ1v) is 9.17. The van der Waals surface area contributed by atoms with Crippen LogP contribution in [0.5, 0.6) is 17.2 Å². The van der Waals surface area contributed by atoms with Gasteiger partial charge in [-0.2, -0.15) is 0 Å². The lowest BCUT2D eigenvalue weighted by Gasteiger charge is -2.47. The van der Waals surface area contributed by atoms with Gasteiger partial charge in [-0.05, 0) is 62.2 Å². The molecule has 27 heavy (non-hydrogen) atoms. The molecule has 1 saturated heterocycles. The summed E-state index contributed by atoms with van der Waals surface area (Å²) in [6.45, 7) is 0.874. The van der Waals surface area contributed by atoms with Crippen molar-refractivity contribution in [2.24, 2.45) is 0 Å². The fourth-order valence-electron chi connectivity index (χ4n) is 4.96. The SMILES string of the molecule is COC1=C[C@]23CCN(C)[C@H](CCc4cc(OC)c(O)c(OC)c42)C3=CC1=O. The van der Waals surface area contributed by atoms with Crippen LogP contribution in [0.1, 0.15) is 24.0 Å². The van der Waals surface area contributed by atoms with E-state index >= 15 is 0 Å². The number of piperidine rings is 1. The number of hydrogen-bond acceptors (Lipinski definition) is 6. The van der Waals surface area contributed by atoms with Crippen molar-refractivity contribution in [3.63, 3.8) is 0 Å². The zero-order chi connectivity index (χ0) is 19.3. The third-order valence-electron chi connectivity index (χ3n) is 6.25. The first kappa shape index (κ1) is 17.9. The van der Waals surface area contributed by atoms with Crippen LogP contribution in [-0.4, -0.2) is 56.8 Å². The molecule has 0 amide bonds. The summed E-state index contributed by atoms with van der Waals surface area (Å²) < 4.78 is 16.4. The highest BCUT2D eigenvalue weighted by Gasteiger charge is 2.50. The molecular formula is C21H25NO5. The van der Waals surface area contributed by atoms with Crippen LogP contribution in [-0.2, 0) is 21.4 Å². The predicted molar refractivity (Wildman–Crippen MR) is 100 cm³/mol. The third kappa shape index (κ3) is 2.39. The van der Waals surface area contributed by atoms with Gasteiger partial charge in [0, 0.05) is 17.0 Å². The maximum Gasteiger partial charge on any atom is 0.220 e. The number of carbonyl (C=O) groups is 1. The van der Waals surface area contributed by atoms with Gasteiger partial charge in [0.1, 0.15) is 0 Å². The molecule has 1 heterocycles. The van der Waals surface area contributed by atoms with Gasteiger partial charge in [-0.15, -0.1) is 0 Å². The van der Waals surface area contributed by atoms with E-state index in [2.05, 4.69) is 11.9 Å². The van der Waals surface area contributed by atoms with Crippen LogP contribution in [0, 0.1) is 0 Å². The van der Waals surface area contributed by atoms with Gasteiger partial charge in [0.15, 0.2) is 17.3 Å². The van der Waals surface area contributed by atoms with Crippen molar-refractivity contribution in [3.05, 3.63) is 40.7 Å². The molecule has 2 bridgehead atoms. The van der Waals surface area contributed by atoms with Gasteiger partial charge < -0.3 is 19.3 Å². The lowest BCUT2D eigenvalue weighted by Crippen LogP contribution is -2.49. The second-order valence-electron chi connectivity index (χ2n) is 7.43. The van der Waals surface area contributed by atoms with E-state index in [1.165, 1.54) is 14.2 Å². The fourth-order valence-corrected chi connectivity index (χ4v) is 4.96. The van der Waals surface area contributed by atoms with Crippen molar-refractivity contribution in [2.75, 3.05) is 34.9 Å². The lowest BCUT2D eigenvalue weighted by atomic mass is 9.64. The minimum absolute atomic E-state index is 0.00544.